The molecule has 1 unspecified atom stereocenters. The number of alkyl halides is 3. The molecule has 1 amide bonds. The van der Waals surface area contributed by atoms with Gasteiger partial charge in [-0.05, 0) is 22.6 Å². The highest BCUT2D eigenvalue weighted by Gasteiger charge is 2.37. The van der Waals surface area contributed by atoms with Gasteiger partial charge in [0.2, 0.25) is 5.91 Å². The fraction of sp³-hybridized carbons (Fsp3) is 0.150. The first-order valence-electron chi connectivity index (χ1n) is 7.93. The first kappa shape index (κ1) is 15.7. The predicted molar refractivity (Wildman–Crippen MR) is 90.5 cm³/mol. The Hall–Kier alpha value is -2.82. The molecule has 0 fully saturated rings. The first-order chi connectivity index (χ1) is 11.9. The predicted octanol–water partition coefficient (Wildman–Crippen LogP) is 5.33. The largest absolute Gasteiger partial charge is 0.416 e. The summed E-state index contributed by atoms with van der Waals surface area (Å²) in [5.41, 5.74) is 0.779. The van der Waals surface area contributed by atoms with Gasteiger partial charge in [0.15, 0.2) is 0 Å². The number of anilines is 1. The number of hydrogen-bond donors (Lipinski definition) is 1. The molecule has 3 aromatic rings. The van der Waals surface area contributed by atoms with Crippen molar-refractivity contribution in [3.63, 3.8) is 0 Å². The Labute approximate surface area is 142 Å². The van der Waals surface area contributed by atoms with E-state index in [2.05, 4.69) is 5.32 Å². The Kier molecular flexibility index (Phi) is 3.53. The third-order valence-corrected chi connectivity index (χ3v) is 4.63. The van der Waals surface area contributed by atoms with Crippen LogP contribution in [-0.4, -0.2) is 5.91 Å². The van der Waals surface area contributed by atoms with Crippen LogP contribution in [0.4, 0.5) is 18.9 Å². The lowest BCUT2D eigenvalue weighted by atomic mass is 9.81. The van der Waals surface area contributed by atoms with Gasteiger partial charge in [0.05, 0.1) is 11.3 Å². The summed E-state index contributed by atoms with van der Waals surface area (Å²) >= 11 is 0. The molecule has 2 nitrogen and oxygen atoms in total. The second-order valence-corrected chi connectivity index (χ2v) is 6.14. The zero-order chi connectivity index (χ0) is 17.6. The van der Waals surface area contributed by atoms with E-state index < -0.39 is 17.7 Å². The molecular weight excluding hydrogens is 327 g/mol. The number of benzene rings is 3. The fourth-order valence-corrected chi connectivity index (χ4v) is 3.54. The van der Waals surface area contributed by atoms with E-state index in [4.69, 9.17) is 0 Å². The molecule has 5 heteroatoms. The van der Waals surface area contributed by atoms with Gasteiger partial charge in [0, 0.05) is 17.7 Å². The van der Waals surface area contributed by atoms with Gasteiger partial charge in [-0.1, -0.05) is 54.6 Å². The van der Waals surface area contributed by atoms with Gasteiger partial charge in [-0.15, -0.1) is 0 Å². The second-order valence-electron chi connectivity index (χ2n) is 6.14. The molecule has 0 aliphatic carbocycles. The highest BCUT2D eigenvalue weighted by atomic mass is 19.4. The van der Waals surface area contributed by atoms with Gasteiger partial charge in [0.25, 0.3) is 0 Å². The summed E-state index contributed by atoms with van der Waals surface area (Å²) < 4.78 is 40.3. The van der Waals surface area contributed by atoms with Crippen LogP contribution in [0.5, 0.6) is 0 Å². The van der Waals surface area contributed by atoms with Crippen LogP contribution in [0.2, 0.25) is 0 Å². The van der Waals surface area contributed by atoms with Crippen molar-refractivity contribution in [1.82, 2.24) is 0 Å². The van der Waals surface area contributed by atoms with Crippen LogP contribution < -0.4 is 5.32 Å². The molecule has 1 atom stereocenters. The van der Waals surface area contributed by atoms with Crippen LogP contribution in [0.1, 0.15) is 29.0 Å². The Morgan fingerprint density at radius 1 is 0.880 bits per heavy atom. The molecule has 0 aromatic heterocycles. The summed E-state index contributed by atoms with van der Waals surface area (Å²) in [5.74, 6) is -0.892. The Bertz CT molecular complexity index is 978. The number of carbonyl (C=O) groups excluding carboxylic acids is 1. The van der Waals surface area contributed by atoms with Crippen molar-refractivity contribution in [2.24, 2.45) is 0 Å². The molecule has 4 rings (SSSR count). The normalized spacial score (nSPS) is 17.2. The lowest BCUT2D eigenvalue weighted by Gasteiger charge is -2.29. The molecule has 0 radical (unpaired) electrons. The minimum absolute atomic E-state index is 0.00155. The van der Waals surface area contributed by atoms with Crippen LogP contribution in [0.15, 0.2) is 60.7 Å². The smallest absolute Gasteiger partial charge is 0.325 e. The van der Waals surface area contributed by atoms with Crippen molar-refractivity contribution in [2.75, 3.05) is 5.32 Å². The minimum atomic E-state index is -4.46. The summed E-state index contributed by atoms with van der Waals surface area (Å²) in [7, 11) is 0. The van der Waals surface area contributed by atoms with Crippen molar-refractivity contribution in [2.45, 2.75) is 18.5 Å². The summed E-state index contributed by atoms with van der Waals surface area (Å²) in [6, 6.07) is 16.7. The zero-order valence-electron chi connectivity index (χ0n) is 13.1. The van der Waals surface area contributed by atoms with Crippen LogP contribution >= 0.6 is 0 Å². The lowest BCUT2D eigenvalue weighted by molar-refractivity contribution is -0.138. The number of rotatable bonds is 1. The maximum Gasteiger partial charge on any atom is 0.416 e. The molecule has 1 N–H and O–H groups in total. The van der Waals surface area contributed by atoms with Gasteiger partial charge >= 0.3 is 6.18 Å². The van der Waals surface area contributed by atoms with Gasteiger partial charge in [-0.2, -0.15) is 13.2 Å². The van der Waals surface area contributed by atoms with Gasteiger partial charge in [0.1, 0.15) is 0 Å². The summed E-state index contributed by atoms with van der Waals surface area (Å²) in [6.07, 6.45) is -4.46. The molecule has 1 aliphatic rings. The van der Waals surface area contributed by atoms with E-state index in [0.717, 1.165) is 22.4 Å². The van der Waals surface area contributed by atoms with Crippen molar-refractivity contribution in [3.05, 3.63) is 77.4 Å². The Balaban J connectivity index is 1.95. The van der Waals surface area contributed by atoms with Crippen LogP contribution in [-0.2, 0) is 11.0 Å². The number of amides is 1. The maximum absolute atomic E-state index is 13.4. The number of hydrogen-bond acceptors (Lipinski definition) is 1. The molecular formula is C20H14F3NO. The van der Waals surface area contributed by atoms with E-state index >= 15 is 0 Å². The van der Waals surface area contributed by atoms with E-state index in [0.29, 0.717) is 5.69 Å². The third-order valence-electron chi connectivity index (χ3n) is 4.63. The van der Waals surface area contributed by atoms with Crippen LogP contribution in [0.25, 0.3) is 10.8 Å². The van der Waals surface area contributed by atoms with E-state index in [1.807, 2.05) is 36.4 Å². The standard InChI is InChI=1S/C20H14F3NO/c21-20(22,23)17-8-4-3-7-14(17)16-11-18(25)24-19-13-6-2-1-5-12(13)9-10-15(16)19/h1-10,16H,11H2,(H,24,25). The molecule has 126 valence electrons. The number of fused-ring (bicyclic) bond motifs is 3. The Morgan fingerprint density at radius 2 is 1.60 bits per heavy atom. The van der Waals surface area contributed by atoms with E-state index in [1.165, 1.54) is 12.1 Å². The maximum atomic E-state index is 13.4. The topological polar surface area (TPSA) is 29.1 Å². The van der Waals surface area contributed by atoms with Gasteiger partial charge in [-0.25, -0.2) is 0 Å². The highest BCUT2D eigenvalue weighted by Crippen LogP contribution is 2.44. The summed E-state index contributed by atoms with van der Waals surface area (Å²) in [5, 5.41) is 4.61. The number of halogens is 3. The Morgan fingerprint density at radius 3 is 2.40 bits per heavy atom. The average molecular weight is 341 g/mol. The molecule has 1 aliphatic heterocycles. The zero-order valence-corrected chi connectivity index (χ0v) is 13.1. The quantitative estimate of drug-likeness (QED) is 0.636. The van der Waals surface area contributed by atoms with Crippen molar-refractivity contribution < 1.29 is 18.0 Å². The van der Waals surface area contributed by atoms with E-state index in [-0.39, 0.29) is 17.9 Å². The van der Waals surface area contributed by atoms with Gasteiger partial charge < -0.3 is 5.32 Å². The van der Waals surface area contributed by atoms with Crippen molar-refractivity contribution >= 4 is 22.4 Å². The minimum Gasteiger partial charge on any atom is -0.325 e. The molecule has 3 aromatic carbocycles. The molecule has 0 saturated heterocycles. The summed E-state index contributed by atoms with van der Waals surface area (Å²) in [4.78, 5) is 12.2. The molecule has 25 heavy (non-hydrogen) atoms. The molecule has 0 spiro atoms. The molecule has 0 saturated carbocycles. The average Bonchev–Trinajstić information content (AvgIpc) is 2.60. The van der Waals surface area contributed by atoms with E-state index in [1.54, 1.807) is 6.07 Å². The van der Waals surface area contributed by atoms with Crippen LogP contribution in [0, 0.1) is 0 Å². The van der Waals surface area contributed by atoms with Crippen molar-refractivity contribution in [1.29, 1.82) is 0 Å². The third kappa shape index (κ3) is 2.65. The van der Waals surface area contributed by atoms with Crippen LogP contribution in [0.3, 0.4) is 0 Å². The SMILES string of the molecule is O=C1CC(c2ccccc2C(F)(F)F)c2ccc3ccccc3c2N1. The second kappa shape index (κ2) is 5.62. The van der Waals surface area contributed by atoms with E-state index in [9.17, 15) is 18.0 Å². The fourth-order valence-electron chi connectivity index (χ4n) is 3.54. The number of carbonyl (C=O) groups is 1. The summed E-state index contributed by atoms with van der Waals surface area (Å²) in [6.45, 7) is 0. The number of nitrogens with one attached hydrogen (secondary N) is 1. The lowest BCUT2D eigenvalue weighted by Crippen LogP contribution is -2.25. The first-order valence-corrected chi connectivity index (χ1v) is 7.93. The molecule has 0 bridgehead atoms. The highest BCUT2D eigenvalue weighted by molar-refractivity contribution is 6.06. The molecule has 1 heterocycles. The van der Waals surface area contributed by atoms with Crippen molar-refractivity contribution in [3.8, 4) is 0 Å². The van der Waals surface area contributed by atoms with Gasteiger partial charge in [-0.3, -0.25) is 4.79 Å². The monoisotopic (exact) mass is 341 g/mol.